The monoisotopic (exact) mass is 277 g/mol. The van der Waals surface area contributed by atoms with E-state index in [9.17, 15) is 9.90 Å². The van der Waals surface area contributed by atoms with E-state index < -0.39 is 11.5 Å². The van der Waals surface area contributed by atoms with Gasteiger partial charge in [0.15, 0.2) is 11.5 Å². The van der Waals surface area contributed by atoms with Crippen LogP contribution in [0.3, 0.4) is 0 Å². The van der Waals surface area contributed by atoms with Gasteiger partial charge in [-0.15, -0.1) is 0 Å². The Morgan fingerprint density at radius 2 is 1.85 bits per heavy atom. The van der Waals surface area contributed by atoms with E-state index in [2.05, 4.69) is 0 Å². The molecule has 0 bridgehead atoms. The lowest BCUT2D eigenvalue weighted by atomic mass is 9.90. The van der Waals surface area contributed by atoms with Crippen molar-refractivity contribution in [2.45, 2.75) is 25.3 Å². The second-order valence-corrected chi connectivity index (χ2v) is 5.43. The predicted octanol–water partition coefficient (Wildman–Crippen LogP) is 1.85. The van der Waals surface area contributed by atoms with Crippen LogP contribution in [-0.4, -0.2) is 42.3 Å². The number of benzene rings is 1. The number of aliphatic carboxylic acids is 1. The minimum absolute atomic E-state index is 0.504. The largest absolute Gasteiger partial charge is 0.486 e. The number of fused-ring (bicyclic) bond motifs is 1. The van der Waals surface area contributed by atoms with Crippen LogP contribution in [0.25, 0.3) is 0 Å². The molecule has 3 rings (SSSR count). The van der Waals surface area contributed by atoms with E-state index in [0.29, 0.717) is 24.7 Å². The highest BCUT2D eigenvalue weighted by Gasteiger charge is 2.43. The molecule has 20 heavy (non-hydrogen) atoms. The maximum atomic E-state index is 11.9. The van der Waals surface area contributed by atoms with Crippen molar-refractivity contribution in [3.8, 4) is 11.5 Å². The first-order valence-electron chi connectivity index (χ1n) is 7.01. The summed E-state index contributed by atoms with van der Waals surface area (Å²) < 4.78 is 11.1. The number of carbonyl (C=O) groups is 1. The van der Waals surface area contributed by atoms with Gasteiger partial charge in [-0.2, -0.15) is 0 Å². The van der Waals surface area contributed by atoms with Gasteiger partial charge in [-0.25, -0.2) is 4.79 Å². The number of carboxylic acids is 1. The van der Waals surface area contributed by atoms with Crippen LogP contribution in [0.5, 0.6) is 11.5 Å². The Kier molecular flexibility index (Phi) is 3.30. The van der Waals surface area contributed by atoms with Crippen molar-refractivity contribution in [1.29, 1.82) is 0 Å². The summed E-state index contributed by atoms with van der Waals surface area (Å²) in [5.41, 5.74) is -0.261. The van der Waals surface area contributed by atoms with Gasteiger partial charge in [0.25, 0.3) is 0 Å². The smallest absolute Gasteiger partial charge is 0.328 e. The summed E-state index contributed by atoms with van der Waals surface area (Å²) in [4.78, 5) is 13.9. The van der Waals surface area contributed by atoms with Gasteiger partial charge in [0.05, 0.1) is 0 Å². The van der Waals surface area contributed by atoms with Crippen molar-refractivity contribution in [3.63, 3.8) is 0 Å². The quantitative estimate of drug-likeness (QED) is 0.913. The summed E-state index contributed by atoms with van der Waals surface area (Å²) >= 11 is 0. The molecular weight excluding hydrogens is 258 g/mol. The van der Waals surface area contributed by atoms with Crippen molar-refractivity contribution in [3.05, 3.63) is 23.8 Å². The van der Waals surface area contributed by atoms with Crippen LogP contribution in [0.2, 0.25) is 0 Å². The molecule has 0 spiro atoms. The molecule has 108 valence electrons. The number of rotatable bonds is 3. The van der Waals surface area contributed by atoms with Gasteiger partial charge in [-0.05, 0) is 50.6 Å². The first-order chi connectivity index (χ1) is 9.62. The SMILES string of the molecule is CC(C(=O)O)(c1ccc2c(c1)OCCO2)N1CCCC1. The van der Waals surface area contributed by atoms with Crippen LogP contribution in [0, 0.1) is 0 Å². The topological polar surface area (TPSA) is 59.0 Å². The minimum atomic E-state index is -1.01. The zero-order chi connectivity index (χ0) is 14.2. The molecular formula is C15H19NO4. The highest BCUT2D eigenvalue weighted by Crippen LogP contribution is 2.38. The van der Waals surface area contributed by atoms with E-state index >= 15 is 0 Å². The Morgan fingerprint density at radius 1 is 1.20 bits per heavy atom. The normalized spacial score (nSPS) is 21.4. The van der Waals surface area contributed by atoms with Crippen molar-refractivity contribution in [1.82, 2.24) is 4.90 Å². The summed E-state index contributed by atoms with van der Waals surface area (Å²) in [6.45, 7) is 4.44. The number of likely N-dealkylation sites (tertiary alicyclic amines) is 1. The van der Waals surface area contributed by atoms with Crippen LogP contribution >= 0.6 is 0 Å². The van der Waals surface area contributed by atoms with Crippen LogP contribution < -0.4 is 9.47 Å². The highest BCUT2D eigenvalue weighted by atomic mass is 16.6. The van der Waals surface area contributed by atoms with Gasteiger partial charge in [0, 0.05) is 0 Å². The summed E-state index contributed by atoms with van der Waals surface area (Å²) in [6.07, 6.45) is 2.10. The zero-order valence-corrected chi connectivity index (χ0v) is 11.6. The fraction of sp³-hybridized carbons (Fsp3) is 0.533. The van der Waals surface area contributed by atoms with Gasteiger partial charge in [-0.3, -0.25) is 4.90 Å². The van der Waals surface area contributed by atoms with Gasteiger partial charge >= 0.3 is 5.97 Å². The summed E-state index contributed by atoms with van der Waals surface area (Å²) in [5.74, 6) is 0.505. The molecule has 1 aromatic carbocycles. The number of hydrogen-bond donors (Lipinski definition) is 1. The van der Waals surface area contributed by atoms with Gasteiger partial charge in [0.1, 0.15) is 18.8 Å². The lowest BCUT2D eigenvalue weighted by molar-refractivity contribution is -0.150. The first-order valence-corrected chi connectivity index (χ1v) is 7.01. The van der Waals surface area contributed by atoms with Crippen LogP contribution in [-0.2, 0) is 10.3 Å². The fourth-order valence-electron chi connectivity index (χ4n) is 2.95. The van der Waals surface area contributed by atoms with Crippen molar-refractivity contribution in [2.24, 2.45) is 0 Å². The molecule has 0 radical (unpaired) electrons. The first kappa shape index (κ1) is 13.2. The average molecular weight is 277 g/mol. The Labute approximate surface area is 118 Å². The molecule has 1 atom stereocenters. The standard InChI is InChI=1S/C15H19NO4/c1-15(14(17)18,16-6-2-3-7-16)11-4-5-12-13(10-11)20-9-8-19-12/h4-5,10H,2-3,6-9H2,1H3,(H,17,18). The highest BCUT2D eigenvalue weighted by molar-refractivity contribution is 5.80. The summed E-state index contributed by atoms with van der Waals surface area (Å²) in [6, 6.07) is 5.45. The number of hydrogen-bond acceptors (Lipinski definition) is 4. The predicted molar refractivity (Wildman–Crippen MR) is 73.2 cm³/mol. The Morgan fingerprint density at radius 3 is 2.50 bits per heavy atom. The molecule has 5 nitrogen and oxygen atoms in total. The molecule has 1 aromatic rings. The molecule has 0 aromatic heterocycles. The van der Waals surface area contributed by atoms with E-state index in [4.69, 9.17) is 9.47 Å². The Balaban J connectivity index is 2.01. The molecule has 0 aliphatic carbocycles. The molecule has 2 heterocycles. The van der Waals surface area contributed by atoms with Crippen LogP contribution in [0.15, 0.2) is 18.2 Å². The average Bonchev–Trinajstić information content (AvgIpc) is 3.00. The third kappa shape index (κ3) is 2.02. The fourth-order valence-corrected chi connectivity index (χ4v) is 2.95. The van der Waals surface area contributed by atoms with Crippen LogP contribution in [0.4, 0.5) is 0 Å². The number of ether oxygens (including phenoxy) is 2. The molecule has 1 fully saturated rings. The van der Waals surface area contributed by atoms with Crippen LogP contribution in [0.1, 0.15) is 25.3 Å². The van der Waals surface area contributed by atoms with E-state index in [0.717, 1.165) is 31.5 Å². The maximum absolute atomic E-state index is 11.9. The molecule has 0 amide bonds. The van der Waals surface area contributed by atoms with E-state index in [1.165, 1.54) is 0 Å². The molecule has 1 N–H and O–H groups in total. The molecule has 2 aliphatic heterocycles. The lowest BCUT2D eigenvalue weighted by Crippen LogP contribution is -2.48. The Bertz CT molecular complexity index is 525. The maximum Gasteiger partial charge on any atom is 0.328 e. The van der Waals surface area contributed by atoms with E-state index in [1.54, 1.807) is 19.1 Å². The minimum Gasteiger partial charge on any atom is -0.486 e. The molecule has 1 unspecified atom stereocenters. The molecule has 0 saturated carbocycles. The zero-order valence-electron chi connectivity index (χ0n) is 11.6. The van der Waals surface area contributed by atoms with Crippen molar-refractivity contribution in [2.75, 3.05) is 26.3 Å². The summed E-state index contributed by atoms with van der Waals surface area (Å²) in [5, 5.41) is 9.74. The van der Waals surface area contributed by atoms with E-state index in [1.807, 2.05) is 11.0 Å². The number of carboxylic acid groups (broad SMARTS) is 1. The second-order valence-electron chi connectivity index (χ2n) is 5.43. The van der Waals surface area contributed by atoms with E-state index in [-0.39, 0.29) is 0 Å². The third-order valence-electron chi connectivity index (χ3n) is 4.26. The molecule has 1 saturated heterocycles. The van der Waals surface area contributed by atoms with Gasteiger partial charge in [0.2, 0.25) is 0 Å². The third-order valence-corrected chi connectivity index (χ3v) is 4.26. The summed E-state index contributed by atoms with van der Waals surface area (Å²) in [7, 11) is 0. The molecule has 5 heteroatoms. The Hall–Kier alpha value is -1.75. The second kappa shape index (κ2) is 4.98. The number of nitrogens with zero attached hydrogens (tertiary/aromatic N) is 1. The molecule has 2 aliphatic rings. The van der Waals surface area contributed by atoms with Crippen molar-refractivity contribution < 1.29 is 19.4 Å². The van der Waals surface area contributed by atoms with Gasteiger partial charge in [-0.1, -0.05) is 6.07 Å². The van der Waals surface area contributed by atoms with Crippen molar-refractivity contribution >= 4 is 5.97 Å². The van der Waals surface area contributed by atoms with Gasteiger partial charge < -0.3 is 14.6 Å². The lowest BCUT2D eigenvalue weighted by Gasteiger charge is -2.35.